The zero-order chi connectivity index (χ0) is 9.68. The van der Waals surface area contributed by atoms with E-state index in [1.165, 1.54) is 12.1 Å². The first-order chi connectivity index (χ1) is 6.24. The summed E-state index contributed by atoms with van der Waals surface area (Å²) in [4.78, 5) is 1.96. The van der Waals surface area contributed by atoms with Crippen molar-refractivity contribution in [2.45, 2.75) is 13.3 Å². The Morgan fingerprint density at radius 3 is 2.46 bits per heavy atom. The highest BCUT2D eigenvalue weighted by atomic mass is 19.1. The Labute approximate surface area is 78.5 Å². The first-order valence-corrected chi connectivity index (χ1v) is 4.39. The predicted molar refractivity (Wildman–Crippen MR) is 54.2 cm³/mol. The molecule has 1 aromatic carbocycles. The van der Waals surface area contributed by atoms with Crippen molar-refractivity contribution in [2.24, 2.45) is 0 Å². The molecule has 0 aliphatic rings. The molecule has 0 atom stereocenters. The zero-order valence-electron chi connectivity index (χ0n) is 8.00. The minimum Gasteiger partial charge on any atom is -0.351 e. The van der Waals surface area contributed by atoms with E-state index in [-0.39, 0.29) is 5.82 Å². The average Bonchev–Trinajstić information content (AvgIpc) is 2.15. The van der Waals surface area contributed by atoms with Gasteiger partial charge in [-0.3, -0.25) is 0 Å². The van der Waals surface area contributed by atoms with Crippen molar-refractivity contribution < 1.29 is 4.39 Å². The lowest BCUT2D eigenvalue weighted by Gasteiger charge is -2.13. The van der Waals surface area contributed by atoms with E-state index < -0.39 is 0 Å². The smallest absolute Gasteiger partial charge is 0.123 e. The number of benzene rings is 1. The standard InChI is InChI=1S/C11H14FN/c1-3-4-9-13(2)11-7-5-10(12)6-8-11/h4-9H,3H2,1-2H3/b9-4-. The Morgan fingerprint density at radius 1 is 1.31 bits per heavy atom. The summed E-state index contributed by atoms with van der Waals surface area (Å²) in [6.07, 6.45) is 5.04. The van der Waals surface area contributed by atoms with E-state index in [1.807, 2.05) is 18.1 Å². The number of nitrogens with zero attached hydrogens (tertiary/aromatic N) is 1. The van der Waals surface area contributed by atoms with E-state index in [9.17, 15) is 4.39 Å². The van der Waals surface area contributed by atoms with Crippen molar-refractivity contribution in [3.63, 3.8) is 0 Å². The van der Waals surface area contributed by atoms with Crippen molar-refractivity contribution >= 4 is 5.69 Å². The Balaban J connectivity index is 2.71. The normalized spacial score (nSPS) is 10.7. The summed E-state index contributed by atoms with van der Waals surface area (Å²) in [7, 11) is 1.94. The molecule has 0 aliphatic carbocycles. The number of hydrogen-bond donors (Lipinski definition) is 0. The van der Waals surface area contributed by atoms with Gasteiger partial charge >= 0.3 is 0 Å². The second kappa shape index (κ2) is 4.65. The van der Waals surface area contributed by atoms with Gasteiger partial charge in [0.05, 0.1) is 0 Å². The summed E-state index contributed by atoms with van der Waals surface area (Å²) in [6, 6.07) is 6.45. The minimum atomic E-state index is -0.198. The van der Waals surface area contributed by atoms with Gasteiger partial charge in [-0.1, -0.05) is 13.0 Å². The molecule has 0 radical (unpaired) electrons. The maximum Gasteiger partial charge on any atom is 0.123 e. The first kappa shape index (κ1) is 9.78. The lowest BCUT2D eigenvalue weighted by Crippen LogP contribution is -2.07. The second-order valence-corrected chi connectivity index (χ2v) is 2.88. The Kier molecular flexibility index (Phi) is 3.50. The number of allylic oxidation sites excluding steroid dienone is 1. The minimum absolute atomic E-state index is 0.198. The molecule has 0 unspecified atom stereocenters. The lowest BCUT2D eigenvalue weighted by molar-refractivity contribution is 0.628. The van der Waals surface area contributed by atoms with Crippen LogP contribution in [0.5, 0.6) is 0 Å². The zero-order valence-corrected chi connectivity index (χ0v) is 8.00. The van der Waals surface area contributed by atoms with Gasteiger partial charge in [0, 0.05) is 12.7 Å². The molecule has 70 valence electrons. The molecule has 0 heterocycles. The molecule has 1 aromatic rings. The van der Waals surface area contributed by atoms with E-state index in [4.69, 9.17) is 0 Å². The molecule has 1 rings (SSSR count). The van der Waals surface area contributed by atoms with Crippen LogP contribution in [0, 0.1) is 5.82 Å². The van der Waals surface area contributed by atoms with Crippen LogP contribution in [-0.2, 0) is 0 Å². The second-order valence-electron chi connectivity index (χ2n) is 2.88. The van der Waals surface area contributed by atoms with Gasteiger partial charge in [-0.15, -0.1) is 0 Å². The summed E-state index contributed by atoms with van der Waals surface area (Å²) in [5.74, 6) is -0.198. The van der Waals surface area contributed by atoms with Crippen LogP contribution in [-0.4, -0.2) is 7.05 Å². The first-order valence-electron chi connectivity index (χ1n) is 4.39. The summed E-state index contributed by atoms with van der Waals surface area (Å²) in [5, 5.41) is 0. The molecule has 0 saturated heterocycles. The van der Waals surface area contributed by atoms with Crippen molar-refractivity contribution in [1.29, 1.82) is 0 Å². The molecule has 2 heteroatoms. The van der Waals surface area contributed by atoms with E-state index >= 15 is 0 Å². The SMILES string of the molecule is CC/C=C\N(C)c1ccc(F)cc1. The fraction of sp³-hybridized carbons (Fsp3) is 0.273. The number of hydrogen-bond acceptors (Lipinski definition) is 1. The highest BCUT2D eigenvalue weighted by molar-refractivity contribution is 5.47. The van der Waals surface area contributed by atoms with E-state index in [1.54, 1.807) is 12.1 Å². The molecular formula is C11H14FN. The quantitative estimate of drug-likeness (QED) is 0.688. The maximum atomic E-state index is 12.6. The highest BCUT2D eigenvalue weighted by Gasteiger charge is 1.95. The van der Waals surface area contributed by atoms with Gasteiger partial charge in [0.15, 0.2) is 0 Å². The van der Waals surface area contributed by atoms with E-state index in [2.05, 4.69) is 13.0 Å². The molecule has 0 fully saturated rings. The molecule has 0 spiro atoms. The van der Waals surface area contributed by atoms with Gasteiger partial charge in [-0.25, -0.2) is 4.39 Å². The van der Waals surface area contributed by atoms with Gasteiger partial charge in [-0.05, 0) is 36.9 Å². The molecule has 0 amide bonds. The van der Waals surface area contributed by atoms with Gasteiger partial charge in [0.2, 0.25) is 0 Å². The topological polar surface area (TPSA) is 3.24 Å². The molecular weight excluding hydrogens is 165 g/mol. The van der Waals surface area contributed by atoms with Crippen molar-refractivity contribution in [2.75, 3.05) is 11.9 Å². The van der Waals surface area contributed by atoms with Crippen molar-refractivity contribution in [1.82, 2.24) is 0 Å². The number of rotatable bonds is 3. The average molecular weight is 179 g/mol. The monoisotopic (exact) mass is 179 g/mol. The van der Waals surface area contributed by atoms with Crippen LogP contribution in [0.1, 0.15) is 13.3 Å². The van der Waals surface area contributed by atoms with E-state index in [0.717, 1.165) is 12.1 Å². The van der Waals surface area contributed by atoms with Crippen LogP contribution in [0.2, 0.25) is 0 Å². The van der Waals surface area contributed by atoms with Gasteiger partial charge in [0.25, 0.3) is 0 Å². The van der Waals surface area contributed by atoms with Crippen molar-refractivity contribution in [3.05, 3.63) is 42.4 Å². The third-order valence-corrected chi connectivity index (χ3v) is 1.80. The number of anilines is 1. The van der Waals surface area contributed by atoms with Crippen LogP contribution < -0.4 is 4.90 Å². The lowest BCUT2D eigenvalue weighted by atomic mass is 10.3. The third kappa shape index (κ3) is 2.90. The van der Waals surface area contributed by atoms with Crippen LogP contribution >= 0.6 is 0 Å². The fourth-order valence-electron chi connectivity index (χ4n) is 1.03. The van der Waals surface area contributed by atoms with Gasteiger partial charge in [0.1, 0.15) is 5.82 Å². The van der Waals surface area contributed by atoms with Gasteiger partial charge in [-0.2, -0.15) is 0 Å². The van der Waals surface area contributed by atoms with Crippen LogP contribution in [0.15, 0.2) is 36.5 Å². The third-order valence-electron chi connectivity index (χ3n) is 1.80. The Bertz CT molecular complexity index is 277. The molecule has 0 aromatic heterocycles. The van der Waals surface area contributed by atoms with Crippen LogP contribution in [0.25, 0.3) is 0 Å². The van der Waals surface area contributed by atoms with E-state index in [0.29, 0.717) is 0 Å². The summed E-state index contributed by atoms with van der Waals surface area (Å²) < 4.78 is 12.6. The Morgan fingerprint density at radius 2 is 1.92 bits per heavy atom. The van der Waals surface area contributed by atoms with Gasteiger partial charge < -0.3 is 4.90 Å². The molecule has 0 N–H and O–H groups in total. The van der Waals surface area contributed by atoms with Crippen LogP contribution in [0.3, 0.4) is 0 Å². The Hall–Kier alpha value is -1.31. The molecule has 0 aliphatic heterocycles. The summed E-state index contributed by atoms with van der Waals surface area (Å²) >= 11 is 0. The van der Waals surface area contributed by atoms with Crippen molar-refractivity contribution in [3.8, 4) is 0 Å². The molecule has 13 heavy (non-hydrogen) atoms. The van der Waals surface area contributed by atoms with Crippen LogP contribution in [0.4, 0.5) is 10.1 Å². The molecule has 0 bridgehead atoms. The molecule has 1 nitrogen and oxygen atoms in total. The molecule has 0 saturated carbocycles. The summed E-state index contributed by atoms with van der Waals surface area (Å²) in [6.45, 7) is 2.08. The highest BCUT2D eigenvalue weighted by Crippen LogP contribution is 2.13. The fourth-order valence-corrected chi connectivity index (χ4v) is 1.03. The number of halogens is 1. The largest absolute Gasteiger partial charge is 0.351 e. The summed E-state index contributed by atoms with van der Waals surface area (Å²) in [5.41, 5.74) is 0.992. The maximum absolute atomic E-state index is 12.6. The predicted octanol–water partition coefficient (Wildman–Crippen LogP) is 3.19.